The van der Waals surface area contributed by atoms with Crippen molar-refractivity contribution in [3.05, 3.63) is 0 Å². The van der Waals surface area contributed by atoms with Gasteiger partial charge in [-0.2, -0.15) is 0 Å². The minimum Gasteiger partial charge on any atom is -0.848 e. The number of aliphatic hydroxyl groups is 2. The number of aliphatic hydroxyl groups excluding tert-OH is 2. The number of phosphoric ester groups is 3. The molecule has 0 heterocycles. The first-order valence-electron chi connectivity index (χ1n) is 9.11. The normalized spacial score (nSPS) is 30.6. The molecule has 0 aromatic rings. The van der Waals surface area contributed by atoms with Crippen molar-refractivity contribution in [1.82, 2.24) is 0 Å². The molecule has 1 fully saturated rings. The van der Waals surface area contributed by atoms with Crippen molar-refractivity contribution < 1.29 is 115 Å². The van der Waals surface area contributed by atoms with Crippen LogP contribution in [0.15, 0.2) is 0 Å². The van der Waals surface area contributed by atoms with Gasteiger partial charge in [-0.05, 0) is 0 Å². The fourth-order valence-corrected chi connectivity index (χ4v) is 5.20. The van der Waals surface area contributed by atoms with Crippen LogP contribution < -0.4 is 51.9 Å². The van der Waals surface area contributed by atoms with Crippen LogP contribution in [0.1, 0.15) is 0 Å². The molecule has 11 N–H and O–H groups in total. The van der Waals surface area contributed by atoms with E-state index in [-0.39, 0.29) is 29.6 Å². The molecule has 0 bridgehead atoms. The van der Waals surface area contributed by atoms with Gasteiger partial charge in [0.05, 0.1) is 12.2 Å². The molecule has 0 aliphatic heterocycles. The zero-order chi connectivity index (χ0) is 28.1. The van der Waals surface area contributed by atoms with E-state index in [0.717, 1.165) is 0 Å². The molecule has 1 aliphatic rings. The van der Waals surface area contributed by atoms with Crippen molar-refractivity contribution in [2.75, 3.05) is 19.8 Å². The van der Waals surface area contributed by atoms with Crippen molar-refractivity contribution in [2.24, 2.45) is 17.2 Å². The Morgan fingerprint density at radius 3 is 1.27 bits per heavy atom. The average molecular weight is 613 g/mol. The summed E-state index contributed by atoms with van der Waals surface area (Å²) in [6.07, 6.45) is -15.7. The Morgan fingerprint density at radius 1 is 0.649 bits per heavy atom. The molecule has 0 radical (unpaired) electrons. The second-order valence-corrected chi connectivity index (χ2v) is 11.0. The molecule has 0 saturated heterocycles. The predicted octanol–water partition coefficient (Wildman–Crippen LogP) is -8.58. The van der Waals surface area contributed by atoms with Crippen LogP contribution in [0, 0.1) is 0 Å². The summed E-state index contributed by atoms with van der Waals surface area (Å²) in [7, 11) is -16.5. The van der Waals surface area contributed by atoms with Crippen LogP contribution in [0.25, 0.3) is 0 Å². The second-order valence-electron chi connectivity index (χ2n) is 6.78. The van der Waals surface area contributed by atoms with Gasteiger partial charge in [-0.25, -0.2) is 13.7 Å². The maximum Gasteiger partial charge on any atom is 1.00 e. The standard InChI is InChI=1S/C12H23N3O18P3.Na/c13-4(16)1-28-34(22,23)31-10-8(20)7(19)9(21)11(32-35(24,25)29-2-5(14)17)12(10)33-36(26,27)30-3-6(15)18;/h7-12,19-20H,1-3H2,(H2,13,16)(H2,14,17)(H2,15,18)(H,22,23)(H,24,25)(H,26,27);/q-1;+1. The minimum atomic E-state index is -5.52. The maximum absolute atomic E-state index is 12.6. The van der Waals surface area contributed by atoms with Crippen molar-refractivity contribution in [2.45, 2.75) is 36.6 Å². The Kier molecular flexibility index (Phi) is 14.7. The van der Waals surface area contributed by atoms with Crippen molar-refractivity contribution >= 4 is 41.2 Å². The Bertz CT molecular complexity index is 915. The first kappa shape index (κ1) is 36.6. The first-order valence-corrected chi connectivity index (χ1v) is 13.6. The Hall–Kier alpha value is -0.380. The third kappa shape index (κ3) is 12.6. The van der Waals surface area contributed by atoms with E-state index in [1.54, 1.807) is 0 Å². The molecule has 210 valence electrons. The molecule has 0 spiro atoms. The van der Waals surface area contributed by atoms with Gasteiger partial charge in [0, 0.05) is 0 Å². The predicted molar refractivity (Wildman–Crippen MR) is 105 cm³/mol. The fourth-order valence-electron chi connectivity index (χ4n) is 2.50. The van der Waals surface area contributed by atoms with Crippen LogP contribution in [0.2, 0.25) is 0 Å². The molecule has 21 nitrogen and oxygen atoms in total. The van der Waals surface area contributed by atoms with Crippen LogP contribution in [0.4, 0.5) is 0 Å². The SMILES string of the molecule is NC(=O)COP(=O)(O)OC1C([O-])C(O)C(O)C(OP(=O)(O)OCC(N)=O)C1OP(=O)(O)OCC(N)=O.[Na+]. The van der Waals surface area contributed by atoms with Crippen LogP contribution in [-0.2, 0) is 55.2 Å². The number of rotatable bonds is 15. The van der Waals surface area contributed by atoms with E-state index in [1.807, 2.05) is 0 Å². The van der Waals surface area contributed by atoms with Gasteiger partial charge in [-0.3, -0.25) is 41.5 Å². The zero-order valence-corrected chi connectivity index (χ0v) is 23.4. The van der Waals surface area contributed by atoms with E-state index < -0.39 is 97.6 Å². The van der Waals surface area contributed by atoms with Crippen LogP contribution in [0.5, 0.6) is 0 Å². The number of hydrogen-bond donors (Lipinski definition) is 8. The summed E-state index contributed by atoms with van der Waals surface area (Å²) in [5.74, 6) is -3.86. The van der Waals surface area contributed by atoms with Crippen LogP contribution >= 0.6 is 23.5 Å². The smallest absolute Gasteiger partial charge is 0.848 e. The van der Waals surface area contributed by atoms with E-state index in [1.165, 1.54) is 0 Å². The maximum atomic E-state index is 12.6. The monoisotopic (exact) mass is 613 g/mol. The molecule has 25 heteroatoms. The van der Waals surface area contributed by atoms with E-state index in [0.29, 0.717) is 0 Å². The van der Waals surface area contributed by atoms with Gasteiger partial charge in [0.15, 0.2) is 0 Å². The van der Waals surface area contributed by atoms with Crippen LogP contribution in [0.3, 0.4) is 0 Å². The van der Waals surface area contributed by atoms with Gasteiger partial charge < -0.3 is 47.2 Å². The van der Waals surface area contributed by atoms with E-state index in [4.69, 9.17) is 17.2 Å². The van der Waals surface area contributed by atoms with Gasteiger partial charge in [0.2, 0.25) is 17.7 Å². The number of nitrogens with two attached hydrogens (primary N) is 3. The van der Waals surface area contributed by atoms with E-state index in [2.05, 4.69) is 27.1 Å². The Labute approximate surface area is 229 Å². The summed E-state index contributed by atoms with van der Waals surface area (Å²) in [5.41, 5.74) is 14.3. The molecule has 0 aromatic heterocycles. The third-order valence-electron chi connectivity index (χ3n) is 3.87. The van der Waals surface area contributed by atoms with Crippen molar-refractivity contribution in [3.8, 4) is 0 Å². The molecule has 3 amide bonds. The molecule has 1 saturated carbocycles. The molecular weight excluding hydrogens is 590 g/mol. The second kappa shape index (κ2) is 14.8. The van der Waals surface area contributed by atoms with E-state index in [9.17, 15) is 58.1 Å². The Balaban J connectivity index is 0.0000130. The summed E-state index contributed by atoms with van der Waals surface area (Å²) >= 11 is 0. The van der Waals surface area contributed by atoms with Crippen molar-refractivity contribution in [1.29, 1.82) is 0 Å². The van der Waals surface area contributed by atoms with Gasteiger partial charge >= 0.3 is 53.0 Å². The number of carbonyl (C=O) groups excluding carboxylic acids is 3. The van der Waals surface area contributed by atoms with E-state index >= 15 is 0 Å². The van der Waals surface area contributed by atoms with Gasteiger partial charge in [-0.15, -0.1) is 0 Å². The summed E-state index contributed by atoms with van der Waals surface area (Å²) in [5, 5.41) is 32.8. The van der Waals surface area contributed by atoms with Gasteiger partial charge in [0.1, 0.15) is 38.1 Å². The average Bonchev–Trinajstić information content (AvgIpc) is 2.74. The zero-order valence-electron chi connectivity index (χ0n) is 18.7. The summed E-state index contributed by atoms with van der Waals surface area (Å²) in [4.78, 5) is 61.8. The molecular formula is C12H23N3NaO18P3. The molecule has 0 aromatic carbocycles. The summed E-state index contributed by atoms with van der Waals surface area (Å²) in [6.45, 7) is -3.74. The number of hydrogen-bond acceptors (Lipinski definition) is 15. The Morgan fingerprint density at radius 2 is 0.946 bits per heavy atom. The molecule has 9 unspecified atom stereocenters. The van der Waals surface area contributed by atoms with Gasteiger partial charge in [0.25, 0.3) is 0 Å². The molecule has 1 aliphatic carbocycles. The third-order valence-corrected chi connectivity index (χ3v) is 6.76. The first-order chi connectivity index (χ1) is 16.3. The quantitative estimate of drug-likeness (QED) is 0.0627. The molecule has 9 atom stereocenters. The number of primary amides is 3. The number of carbonyl (C=O) groups is 3. The topological polar surface area (TPSA) is 360 Å². The van der Waals surface area contributed by atoms with Crippen LogP contribution in [-0.4, -0.2) is 99.1 Å². The number of amides is 3. The summed E-state index contributed by atoms with van der Waals surface area (Å²) < 4.78 is 62.8. The molecule has 1 rings (SSSR count). The number of phosphoric acid groups is 3. The fraction of sp³-hybridized carbons (Fsp3) is 0.750. The van der Waals surface area contributed by atoms with Gasteiger partial charge in [-0.1, -0.05) is 6.10 Å². The summed E-state index contributed by atoms with van der Waals surface area (Å²) in [6, 6.07) is 0. The molecule has 37 heavy (non-hydrogen) atoms. The minimum absolute atomic E-state index is 0. The largest absolute Gasteiger partial charge is 1.00 e. The van der Waals surface area contributed by atoms with Crippen molar-refractivity contribution in [3.63, 3.8) is 0 Å².